The average Bonchev–Trinajstić information content (AvgIpc) is 2.30. The first kappa shape index (κ1) is 14.3. The molecule has 1 aliphatic carbocycles. The number of nitrogens with one attached hydrogen (secondary N) is 1. The summed E-state index contributed by atoms with van der Waals surface area (Å²) in [6.07, 6.45) is 4.77. The highest BCUT2D eigenvalue weighted by Crippen LogP contribution is 2.27. The molecule has 1 N–H and O–H groups in total. The minimum Gasteiger partial charge on any atom is -0.453 e. The zero-order chi connectivity index (χ0) is 11.7. The molecule has 1 fully saturated rings. The molecular formula is C12H25NO2. The number of hydrogen-bond donors (Lipinski definition) is 1. The van der Waals surface area contributed by atoms with Crippen LogP contribution in [-0.4, -0.2) is 19.7 Å². The van der Waals surface area contributed by atoms with Gasteiger partial charge in [-0.15, -0.1) is 0 Å². The summed E-state index contributed by atoms with van der Waals surface area (Å²) in [4.78, 5) is 10.8. The molecule has 0 heterocycles. The van der Waals surface area contributed by atoms with Crippen molar-refractivity contribution in [2.45, 2.75) is 46.5 Å². The van der Waals surface area contributed by atoms with Gasteiger partial charge in [-0.1, -0.05) is 33.6 Å². The van der Waals surface area contributed by atoms with Crippen molar-refractivity contribution >= 4 is 6.09 Å². The Morgan fingerprint density at radius 2 is 1.80 bits per heavy atom. The zero-order valence-corrected chi connectivity index (χ0v) is 10.5. The maximum atomic E-state index is 10.8. The van der Waals surface area contributed by atoms with Crippen LogP contribution in [0, 0.1) is 11.8 Å². The Hall–Kier alpha value is -0.730. The Morgan fingerprint density at radius 1 is 1.27 bits per heavy atom. The van der Waals surface area contributed by atoms with Crippen LogP contribution < -0.4 is 5.32 Å². The molecule has 0 aromatic heterocycles. The van der Waals surface area contributed by atoms with E-state index >= 15 is 0 Å². The van der Waals surface area contributed by atoms with Crippen LogP contribution in [0.15, 0.2) is 0 Å². The van der Waals surface area contributed by atoms with Gasteiger partial charge in [-0.2, -0.15) is 0 Å². The number of alkyl carbamates (subject to hydrolysis) is 1. The van der Waals surface area contributed by atoms with E-state index in [9.17, 15) is 4.79 Å². The second kappa shape index (κ2) is 8.57. The van der Waals surface area contributed by atoms with E-state index in [2.05, 4.69) is 17.0 Å². The summed E-state index contributed by atoms with van der Waals surface area (Å²) < 4.78 is 4.51. The number of methoxy groups -OCH3 is 1. The van der Waals surface area contributed by atoms with E-state index in [4.69, 9.17) is 0 Å². The van der Waals surface area contributed by atoms with Crippen LogP contribution in [0.1, 0.15) is 46.5 Å². The van der Waals surface area contributed by atoms with Crippen LogP contribution in [0.2, 0.25) is 0 Å². The summed E-state index contributed by atoms with van der Waals surface area (Å²) in [7, 11) is 1.40. The fourth-order valence-corrected chi connectivity index (χ4v) is 1.83. The topological polar surface area (TPSA) is 38.3 Å². The molecule has 3 heteroatoms. The molecule has 0 aromatic carbocycles. The van der Waals surface area contributed by atoms with Crippen LogP contribution in [-0.2, 0) is 4.74 Å². The second-order valence-electron chi connectivity index (χ2n) is 4.00. The SMILES string of the molecule is CC.COC(=O)NCC1CCC(C)CC1. The van der Waals surface area contributed by atoms with Gasteiger partial charge in [0.05, 0.1) is 7.11 Å². The maximum absolute atomic E-state index is 10.8. The van der Waals surface area contributed by atoms with Gasteiger partial charge in [0.1, 0.15) is 0 Å². The first-order valence-corrected chi connectivity index (χ1v) is 6.04. The number of amides is 1. The van der Waals surface area contributed by atoms with E-state index in [1.165, 1.54) is 32.8 Å². The minimum atomic E-state index is -0.307. The lowest BCUT2D eigenvalue weighted by atomic mass is 9.83. The molecule has 0 aromatic rings. The monoisotopic (exact) mass is 215 g/mol. The predicted molar refractivity (Wildman–Crippen MR) is 62.9 cm³/mol. The highest BCUT2D eigenvalue weighted by Gasteiger charge is 2.18. The molecule has 0 spiro atoms. The molecule has 0 unspecified atom stereocenters. The summed E-state index contributed by atoms with van der Waals surface area (Å²) in [5.74, 6) is 1.53. The van der Waals surface area contributed by atoms with Gasteiger partial charge in [-0.25, -0.2) is 4.79 Å². The molecule has 15 heavy (non-hydrogen) atoms. The number of rotatable bonds is 2. The molecule has 1 aliphatic rings. The van der Waals surface area contributed by atoms with Gasteiger partial charge in [-0.3, -0.25) is 0 Å². The fraction of sp³-hybridized carbons (Fsp3) is 0.917. The molecule has 0 aliphatic heterocycles. The van der Waals surface area contributed by atoms with Crippen molar-refractivity contribution < 1.29 is 9.53 Å². The van der Waals surface area contributed by atoms with E-state index in [-0.39, 0.29) is 6.09 Å². The third-order valence-electron chi connectivity index (χ3n) is 2.86. The lowest BCUT2D eigenvalue weighted by molar-refractivity contribution is 0.166. The minimum absolute atomic E-state index is 0.307. The number of ether oxygens (including phenoxy) is 1. The lowest BCUT2D eigenvalue weighted by Crippen LogP contribution is -2.30. The third kappa shape index (κ3) is 6.37. The fourth-order valence-electron chi connectivity index (χ4n) is 1.83. The highest BCUT2D eigenvalue weighted by atomic mass is 16.5. The van der Waals surface area contributed by atoms with Crippen molar-refractivity contribution in [3.05, 3.63) is 0 Å². The van der Waals surface area contributed by atoms with Crippen LogP contribution in [0.3, 0.4) is 0 Å². The summed E-state index contributed by atoms with van der Waals surface area (Å²) in [5, 5.41) is 2.76. The van der Waals surface area contributed by atoms with E-state index in [0.29, 0.717) is 5.92 Å². The molecular weight excluding hydrogens is 190 g/mol. The summed E-state index contributed by atoms with van der Waals surface area (Å²) >= 11 is 0. The molecule has 1 rings (SSSR count). The van der Waals surface area contributed by atoms with E-state index in [0.717, 1.165) is 12.5 Å². The summed E-state index contributed by atoms with van der Waals surface area (Å²) in [6, 6.07) is 0. The molecule has 0 radical (unpaired) electrons. The molecule has 0 saturated heterocycles. The first-order valence-electron chi connectivity index (χ1n) is 6.04. The predicted octanol–water partition coefficient (Wildman–Crippen LogP) is 3.19. The van der Waals surface area contributed by atoms with E-state index in [1.807, 2.05) is 13.8 Å². The smallest absolute Gasteiger partial charge is 0.406 e. The first-order chi connectivity index (χ1) is 7.22. The Balaban J connectivity index is 0.000000921. The molecule has 3 nitrogen and oxygen atoms in total. The Labute approximate surface area is 93.6 Å². The molecule has 1 saturated carbocycles. The Morgan fingerprint density at radius 3 is 2.27 bits per heavy atom. The lowest BCUT2D eigenvalue weighted by Gasteiger charge is -2.25. The second-order valence-corrected chi connectivity index (χ2v) is 4.00. The number of carbonyl (C=O) groups is 1. The maximum Gasteiger partial charge on any atom is 0.406 e. The molecule has 0 bridgehead atoms. The van der Waals surface area contributed by atoms with Gasteiger partial charge < -0.3 is 10.1 Å². The number of hydrogen-bond acceptors (Lipinski definition) is 2. The van der Waals surface area contributed by atoms with Crippen LogP contribution in [0.4, 0.5) is 4.79 Å². The number of carbonyl (C=O) groups excluding carboxylic acids is 1. The van der Waals surface area contributed by atoms with Crippen LogP contribution >= 0.6 is 0 Å². The van der Waals surface area contributed by atoms with Gasteiger partial charge >= 0.3 is 6.09 Å². The Bertz CT molecular complexity index is 163. The Kier molecular flexibility index (Phi) is 8.15. The van der Waals surface area contributed by atoms with Crippen LogP contribution in [0.5, 0.6) is 0 Å². The normalized spacial score (nSPS) is 24.8. The average molecular weight is 215 g/mol. The van der Waals surface area contributed by atoms with Crippen molar-refractivity contribution in [3.8, 4) is 0 Å². The van der Waals surface area contributed by atoms with Gasteiger partial charge in [0.25, 0.3) is 0 Å². The summed E-state index contributed by atoms with van der Waals surface area (Å²) in [5.41, 5.74) is 0. The van der Waals surface area contributed by atoms with Crippen molar-refractivity contribution in [3.63, 3.8) is 0 Å². The largest absolute Gasteiger partial charge is 0.453 e. The van der Waals surface area contributed by atoms with Gasteiger partial charge in [0.15, 0.2) is 0 Å². The van der Waals surface area contributed by atoms with Crippen molar-refractivity contribution in [2.24, 2.45) is 11.8 Å². The van der Waals surface area contributed by atoms with E-state index in [1.54, 1.807) is 0 Å². The van der Waals surface area contributed by atoms with Crippen molar-refractivity contribution in [2.75, 3.05) is 13.7 Å². The third-order valence-corrected chi connectivity index (χ3v) is 2.86. The zero-order valence-electron chi connectivity index (χ0n) is 10.5. The van der Waals surface area contributed by atoms with E-state index < -0.39 is 0 Å². The van der Waals surface area contributed by atoms with Gasteiger partial charge in [0, 0.05) is 6.54 Å². The molecule has 90 valence electrons. The van der Waals surface area contributed by atoms with Crippen molar-refractivity contribution in [1.82, 2.24) is 5.32 Å². The van der Waals surface area contributed by atoms with Crippen LogP contribution in [0.25, 0.3) is 0 Å². The van der Waals surface area contributed by atoms with Gasteiger partial charge in [-0.05, 0) is 24.7 Å². The highest BCUT2D eigenvalue weighted by molar-refractivity contribution is 5.66. The summed E-state index contributed by atoms with van der Waals surface area (Å²) in [6.45, 7) is 7.07. The van der Waals surface area contributed by atoms with Crippen molar-refractivity contribution in [1.29, 1.82) is 0 Å². The van der Waals surface area contributed by atoms with Gasteiger partial charge in [0.2, 0.25) is 0 Å². The molecule has 1 amide bonds. The molecule has 0 atom stereocenters. The standard InChI is InChI=1S/C10H19NO2.C2H6/c1-8-3-5-9(6-4-8)7-11-10(12)13-2;1-2/h8-9H,3-7H2,1-2H3,(H,11,12);1-2H3. The quantitative estimate of drug-likeness (QED) is 0.768.